The van der Waals surface area contributed by atoms with Crippen molar-refractivity contribution in [3.05, 3.63) is 69.8 Å². The molecule has 0 bridgehead atoms. The molecule has 0 atom stereocenters. The minimum atomic E-state index is -0.793. The van der Waals surface area contributed by atoms with Crippen molar-refractivity contribution < 1.29 is 22.3 Å². The summed E-state index contributed by atoms with van der Waals surface area (Å²) in [5.74, 6) is -2.20. The summed E-state index contributed by atoms with van der Waals surface area (Å²) < 4.78 is 64.7. The summed E-state index contributed by atoms with van der Waals surface area (Å²) in [4.78, 5) is 0. The molecule has 2 fully saturated rings. The van der Waals surface area contributed by atoms with Gasteiger partial charge in [-0.3, -0.25) is 0 Å². The first-order valence-corrected chi connectivity index (χ1v) is 13.5. The van der Waals surface area contributed by atoms with Crippen LogP contribution in [-0.2, 0) is 17.8 Å². The quantitative estimate of drug-likeness (QED) is 0.335. The third kappa shape index (κ3) is 5.93. The topological polar surface area (TPSA) is 9.23 Å². The van der Waals surface area contributed by atoms with Crippen molar-refractivity contribution in [2.75, 3.05) is 0 Å². The number of ether oxygens (including phenoxy) is 1. The van der Waals surface area contributed by atoms with E-state index in [0.717, 1.165) is 38.5 Å². The van der Waals surface area contributed by atoms with Crippen molar-refractivity contribution in [3.63, 3.8) is 0 Å². The molecule has 1 nitrogen and oxygen atoms in total. The molecule has 0 unspecified atom stereocenters. The van der Waals surface area contributed by atoms with Gasteiger partial charge in [0, 0.05) is 5.56 Å². The molecule has 2 aliphatic carbocycles. The van der Waals surface area contributed by atoms with Crippen LogP contribution in [0.25, 0.3) is 0 Å². The summed E-state index contributed by atoms with van der Waals surface area (Å²) in [6.45, 7) is 4.16. The maximum absolute atomic E-state index is 14.9. The molecular formula is C30H38F4O. The Bertz CT molecular complexity index is 988. The Hall–Kier alpha value is -1.88. The number of hydrogen-bond acceptors (Lipinski definition) is 1. The van der Waals surface area contributed by atoms with E-state index < -0.39 is 23.3 Å². The van der Waals surface area contributed by atoms with E-state index in [0.29, 0.717) is 54.7 Å². The number of benzene rings is 2. The van der Waals surface area contributed by atoms with E-state index in [4.69, 9.17) is 4.74 Å². The van der Waals surface area contributed by atoms with Crippen LogP contribution in [0.2, 0.25) is 0 Å². The van der Waals surface area contributed by atoms with E-state index in [1.54, 1.807) is 24.3 Å². The van der Waals surface area contributed by atoms with Gasteiger partial charge in [0.2, 0.25) is 0 Å². The molecule has 2 saturated carbocycles. The Morgan fingerprint density at radius 3 is 1.71 bits per heavy atom. The van der Waals surface area contributed by atoms with E-state index in [-0.39, 0.29) is 30.1 Å². The minimum absolute atomic E-state index is 0.0235. The molecule has 0 radical (unpaired) electrons. The normalized spacial score (nSPS) is 25.1. The molecule has 2 aromatic carbocycles. The van der Waals surface area contributed by atoms with Gasteiger partial charge in [-0.2, -0.15) is 0 Å². The number of hydrogen-bond donors (Lipinski definition) is 0. The molecule has 5 heteroatoms. The summed E-state index contributed by atoms with van der Waals surface area (Å²) in [6, 6.07) is 6.84. The van der Waals surface area contributed by atoms with Gasteiger partial charge in [0.1, 0.15) is 0 Å². The average Bonchev–Trinajstić information content (AvgIpc) is 2.88. The van der Waals surface area contributed by atoms with Gasteiger partial charge < -0.3 is 4.74 Å². The lowest BCUT2D eigenvalue weighted by molar-refractivity contribution is 0.0116. The average molecular weight is 491 g/mol. The summed E-state index contributed by atoms with van der Waals surface area (Å²) in [6.07, 6.45) is 9.09. The van der Waals surface area contributed by atoms with Crippen molar-refractivity contribution >= 4 is 0 Å². The fourth-order valence-electron chi connectivity index (χ4n) is 6.04. The van der Waals surface area contributed by atoms with E-state index in [9.17, 15) is 17.6 Å². The third-order valence-corrected chi connectivity index (χ3v) is 8.36. The molecule has 0 heterocycles. The molecule has 35 heavy (non-hydrogen) atoms. The van der Waals surface area contributed by atoms with Gasteiger partial charge in [-0.15, -0.1) is 0 Å². The van der Waals surface area contributed by atoms with Crippen molar-refractivity contribution in [1.82, 2.24) is 0 Å². The zero-order valence-electron chi connectivity index (χ0n) is 21.0. The van der Waals surface area contributed by atoms with Crippen LogP contribution in [0.1, 0.15) is 112 Å². The van der Waals surface area contributed by atoms with Gasteiger partial charge in [0.15, 0.2) is 23.3 Å². The molecule has 0 spiro atoms. The number of aryl methyl sites for hydroxylation is 1. The Labute approximate surface area is 207 Å². The van der Waals surface area contributed by atoms with Gasteiger partial charge >= 0.3 is 0 Å². The second-order valence-corrected chi connectivity index (χ2v) is 10.5. The fraction of sp³-hybridized carbons (Fsp3) is 0.600. The summed E-state index contributed by atoms with van der Waals surface area (Å²) in [5, 5.41) is 0. The minimum Gasteiger partial charge on any atom is -0.373 e. The second kappa shape index (κ2) is 11.9. The smallest absolute Gasteiger partial charge is 0.164 e. The van der Waals surface area contributed by atoms with Crippen LogP contribution < -0.4 is 0 Å². The Kier molecular flexibility index (Phi) is 8.91. The van der Waals surface area contributed by atoms with Gasteiger partial charge in [-0.1, -0.05) is 51.0 Å². The van der Waals surface area contributed by atoms with Crippen molar-refractivity contribution in [1.29, 1.82) is 0 Å². The van der Waals surface area contributed by atoms with Gasteiger partial charge in [-0.05, 0) is 92.2 Å². The van der Waals surface area contributed by atoms with Gasteiger partial charge in [0.25, 0.3) is 0 Å². The fourth-order valence-corrected chi connectivity index (χ4v) is 6.04. The second-order valence-electron chi connectivity index (χ2n) is 10.5. The first-order chi connectivity index (χ1) is 16.9. The van der Waals surface area contributed by atoms with Crippen LogP contribution in [0.4, 0.5) is 17.6 Å². The monoisotopic (exact) mass is 490 g/mol. The third-order valence-electron chi connectivity index (χ3n) is 8.36. The first-order valence-electron chi connectivity index (χ1n) is 13.5. The zero-order valence-corrected chi connectivity index (χ0v) is 21.0. The molecule has 4 rings (SSSR count). The van der Waals surface area contributed by atoms with Crippen LogP contribution in [0, 0.1) is 29.2 Å². The van der Waals surface area contributed by atoms with Crippen molar-refractivity contribution in [2.24, 2.45) is 5.92 Å². The Morgan fingerprint density at radius 1 is 0.657 bits per heavy atom. The summed E-state index contributed by atoms with van der Waals surface area (Å²) in [5.41, 5.74) is 1.62. The zero-order chi connectivity index (χ0) is 24.9. The number of halogens is 4. The molecule has 2 aromatic rings. The lowest BCUT2D eigenvalue weighted by Crippen LogP contribution is -2.22. The lowest BCUT2D eigenvalue weighted by atomic mass is 9.77. The Morgan fingerprint density at radius 2 is 1.17 bits per heavy atom. The standard InChI is InChI=1S/C30H38F4O/c1-3-5-22-12-16-25(29(33)27(22)31)21-10-14-24(15-11-21)35-18-23-13-17-26(30(34)28(23)32)20-8-6-19(4-2)7-9-20/h12-13,16-17,19-21,24H,3-11,14-15,18H2,1-2H3. The van der Waals surface area contributed by atoms with Crippen LogP contribution in [-0.4, -0.2) is 6.10 Å². The molecule has 2 aliphatic rings. The van der Waals surface area contributed by atoms with Crippen molar-refractivity contribution in [2.45, 2.75) is 109 Å². The van der Waals surface area contributed by atoms with E-state index >= 15 is 0 Å². The van der Waals surface area contributed by atoms with Crippen LogP contribution >= 0.6 is 0 Å². The van der Waals surface area contributed by atoms with E-state index in [1.807, 2.05) is 6.92 Å². The molecule has 0 aromatic heterocycles. The lowest BCUT2D eigenvalue weighted by Gasteiger charge is -2.30. The maximum atomic E-state index is 14.9. The highest BCUT2D eigenvalue weighted by atomic mass is 19.2. The van der Waals surface area contributed by atoms with Crippen LogP contribution in [0.15, 0.2) is 24.3 Å². The van der Waals surface area contributed by atoms with Crippen LogP contribution in [0.3, 0.4) is 0 Å². The highest BCUT2D eigenvalue weighted by molar-refractivity contribution is 5.30. The maximum Gasteiger partial charge on any atom is 0.164 e. The molecule has 0 aliphatic heterocycles. The van der Waals surface area contributed by atoms with Crippen molar-refractivity contribution in [3.8, 4) is 0 Å². The summed E-state index contributed by atoms with van der Waals surface area (Å²) >= 11 is 0. The molecule has 0 amide bonds. The van der Waals surface area contributed by atoms with Crippen LogP contribution in [0.5, 0.6) is 0 Å². The molecule has 0 N–H and O–H groups in total. The molecule has 192 valence electrons. The molecule has 0 saturated heterocycles. The highest BCUT2D eigenvalue weighted by Gasteiger charge is 2.28. The Balaban J connectivity index is 1.31. The number of rotatable bonds is 8. The SMILES string of the molecule is CCCc1ccc(C2CCC(OCc3ccc(C4CCC(CC)CC4)c(F)c3F)CC2)c(F)c1F. The van der Waals surface area contributed by atoms with E-state index in [2.05, 4.69) is 6.92 Å². The van der Waals surface area contributed by atoms with E-state index in [1.165, 1.54) is 0 Å². The first kappa shape index (κ1) is 26.2. The largest absolute Gasteiger partial charge is 0.373 e. The summed E-state index contributed by atoms with van der Waals surface area (Å²) in [7, 11) is 0. The molecular weight excluding hydrogens is 452 g/mol. The van der Waals surface area contributed by atoms with Gasteiger partial charge in [-0.25, -0.2) is 17.6 Å². The predicted molar refractivity (Wildman–Crippen MR) is 131 cm³/mol. The highest BCUT2D eigenvalue weighted by Crippen LogP contribution is 2.39. The predicted octanol–water partition coefficient (Wildman–Crippen LogP) is 9.12. The van der Waals surface area contributed by atoms with Gasteiger partial charge in [0.05, 0.1) is 12.7 Å².